The van der Waals surface area contributed by atoms with Crippen molar-refractivity contribution in [2.75, 3.05) is 19.6 Å². The molecule has 0 bridgehead atoms. The van der Waals surface area contributed by atoms with E-state index in [9.17, 15) is 13.2 Å². The van der Waals surface area contributed by atoms with Gasteiger partial charge in [-0.3, -0.25) is 9.56 Å². The first kappa shape index (κ1) is 22.6. The highest BCUT2D eigenvalue weighted by atomic mass is 35.5. The van der Waals surface area contributed by atoms with E-state index < -0.39 is 11.7 Å². The molecular formula is C24H24ClF3N4. The number of benzene rings is 2. The summed E-state index contributed by atoms with van der Waals surface area (Å²) in [5.41, 5.74) is 2.31. The summed E-state index contributed by atoms with van der Waals surface area (Å²) in [7, 11) is 0. The lowest BCUT2D eigenvalue weighted by molar-refractivity contribution is -0.137. The second kappa shape index (κ2) is 9.08. The number of nitrogens with zero attached hydrogens (tertiary/aromatic N) is 4. The highest BCUT2D eigenvalue weighted by molar-refractivity contribution is 6.35. The van der Waals surface area contributed by atoms with Crippen molar-refractivity contribution in [3.05, 3.63) is 81.9 Å². The standard InChI is InChI=1S/C24H24ClF3N4/c1-3-31(4-2)12-11-17-14-29-22-15-30-23(18-7-5-6-8-20(18)25)19-13-16(24(26,27)28)9-10-21(19)32(17)22/h5-10,13-14H,3-4,11-12,15H2,1-2H3. The average molecular weight is 461 g/mol. The molecular weight excluding hydrogens is 437 g/mol. The van der Waals surface area contributed by atoms with Crippen LogP contribution in [0.25, 0.3) is 5.69 Å². The van der Waals surface area contributed by atoms with E-state index in [1.807, 2.05) is 4.57 Å². The van der Waals surface area contributed by atoms with E-state index in [2.05, 4.69) is 28.7 Å². The number of hydrogen-bond acceptors (Lipinski definition) is 3. The van der Waals surface area contributed by atoms with Crippen molar-refractivity contribution in [1.82, 2.24) is 14.5 Å². The number of fused-ring (bicyclic) bond motifs is 3. The molecule has 0 amide bonds. The summed E-state index contributed by atoms with van der Waals surface area (Å²) in [6.07, 6.45) is -1.93. The number of aromatic nitrogens is 2. The zero-order chi connectivity index (χ0) is 22.9. The average Bonchev–Trinajstić information content (AvgIpc) is 3.10. The quantitative estimate of drug-likeness (QED) is 0.467. The van der Waals surface area contributed by atoms with E-state index in [0.717, 1.165) is 37.8 Å². The van der Waals surface area contributed by atoms with Gasteiger partial charge < -0.3 is 4.90 Å². The lowest BCUT2D eigenvalue weighted by Crippen LogP contribution is -2.26. The monoisotopic (exact) mass is 460 g/mol. The number of imidazole rings is 1. The molecule has 1 aliphatic rings. The second-order valence-corrected chi connectivity index (χ2v) is 8.06. The molecule has 8 heteroatoms. The van der Waals surface area contributed by atoms with Gasteiger partial charge in [-0.15, -0.1) is 0 Å². The fourth-order valence-electron chi connectivity index (χ4n) is 4.04. The van der Waals surface area contributed by atoms with Crippen molar-refractivity contribution < 1.29 is 13.2 Å². The van der Waals surface area contributed by atoms with Gasteiger partial charge in [-0.1, -0.05) is 43.6 Å². The van der Waals surface area contributed by atoms with Crippen LogP contribution in [0.2, 0.25) is 5.02 Å². The molecule has 0 N–H and O–H groups in total. The van der Waals surface area contributed by atoms with Crippen LogP contribution >= 0.6 is 11.6 Å². The van der Waals surface area contributed by atoms with Crippen LogP contribution in [0.5, 0.6) is 0 Å². The minimum absolute atomic E-state index is 0.252. The van der Waals surface area contributed by atoms with Gasteiger partial charge >= 0.3 is 6.18 Å². The lowest BCUT2D eigenvalue weighted by Gasteiger charge is -2.20. The Morgan fingerprint density at radius 2 is 1.81 bits per heavy atom. The Morgan fingerprint density at radius 1 is 1.06 bits per heavy atom. The number of likely N-dealkylation sites (N-methyl/N-ethyl adjacent to an activating group) is 1. The Balaban J connectivity index is 1.87. The van der Waals surface area contributed by atoms with Crippen LogP contribution in [-0.4, -0.2) is 39.8 Å². The summed E-state index contributed by atoms with van der Waals surface area (Å²) in [6.45, 7) is 7.18. The molecule has 0 saturated heterocycles. The predicted octanol–water partition coefficient (Wildman–Crippen LogP) is 5.78. The minimum Gasteiger partial charge on any atom is -0.303 e. The second-order valence-electron chi connectivity index (χ2n) is 7.65. The maximum atomic E-state index is 13.6. The van der Waals surface area contributed by atoms with Crippen molar-refractivity contribution >= 4 is 17.3 Å². The molecule has 3 aromatic rings. The van der Waals surface area contributed by atoms with Crippen LogP contribution < -0.4 is 0 Å². The molecule has 0 unspecified atom stereocenters. The fourth-order valence-corrected chi connectivity index (χ4v) is 4.27. The first-order valence-electron chi connectivity index (χ1n) is 10.6. The van der Waals surface area contributed by atoms with Gasteiger partial charge in [-0.2, -0.15) is 13.2 Å². The number of aliphatic imine (C=N–C) groups is 1. The normalized spacial score (nSPS) is 13.5. The number of hydrogen-bond donors (Lipinski definition) is 0. The van der Waals surface area contributed by atoms with Crippen LogP contribution in [0, 0.1) is 0 Å². The molecule has 1 aliphatic heterocycles. The van der Waals surface area contributed by atoms with E-state index in [1.54, 1.807) is 30.5 Å². The van der Waals surface area contributed by atoms with Gasteiger partial charge in [0.15, 0.2) is 0 Å². The van der Waals surface area contributed by atoms with Crippen LogP contribution in [0.1, 0.15) is 42.1 Å². The molecule has 168 valence electrons. The van der Waals surface area contributed by atoms with Crippen molar-refractivity contribution in [1.29, 1.82) is 0 Å². The van der Waals surface area contributed by atoms with E-state index >= 15 is 0 Å². The number of alkyl halides is 3. The van der Waals surface area contributed by atoms with E-state index in [-0.39, 0.29) is 6.54 Å². The van der Waals surface area contributed by atoms with Crippen molar-refractivity contribution in [2.45, 2.75) is 33.0 Å². The first-order chi connectivity index (χ1) is 15.3. The Morgan fingerprint density at radius 3 is 2.50 bits per heavy atom. The molecule has 0 radical (unpaired) electrons. The zero-order valence-electron chi connectivity index (χ0n) is 18.0. The Kier molecular flexibility index (Phi) is 6.40. The van der Waals surface area contributed by atoms with E-state index in [1.165, 1.54) is 12.1 Å². The van der Waals surface area contributed by atoms with Gasteiger partial charge in [-0.05, 0) is 37.4 Å². The Hall–Kier alpha value is -2.64. The molecule has 32 heavy (non-hydrogen) atoms. The highest BCUT2D eigenvalue weighted by Crippen LogP contribution is 2.35. The highest BCUT2D eigenvalue weighted by Gasteiger charge is 2.33. The third-order valence-corrected chi connectivity index (χ3v) is 6.14. The fraction of sp³-hybridized carbons (Fsp3) is 0.333. The SMILES string of the molecule is CCN(CC)CCc1cnc2n1-c1ccc(C(F)(F)F)cc1C(c1ccccc1Cl)=NC2. The minimum atomic E-state index is -4.46. The van der Waals surface area contributed by atoms with E-state index in [0.29, 0.717) is 33.4 Å². The van der Waals surface area contributed by atoms with Gasteiger partial charge in [0.1, 0.15) is 5.82 Å². The third kappa shape index (κ3) is 4.32. The van der Waals surface area contributed by atoms with Gasteiger partial charge in [0, 0.05) is 41.0 Å². The summed E-state index contributed by atoms with van der Waals surface area (Å²) in [5, 5.41) is 0.441. The summed E-state index contributed by atoms with van der Waals surface area (Å²) in [5.74, 6) is 0.697. The zero-order valence-corrected chi connectivity index (χ0v) is 18.7. The van der Waals surface area contributed by atoms with Crippen molar-refractivity contribution in [3.8, 4) is 5.69 Å². The van der Waals surface area contributed by atoms with Crippen LogP contribution in [0.4, 0.5) is 13.2 Å². The largest absolute Gasteiger partial charge is 0.416 e. The van der Waals surface area contributed by atoms with Crippen LogP contribution in [0.15, 0.2) is 53.7 Å². The molecule has 0 saturated carbocycles. The summed E-state index contributed by atoms with van der Waals surface area (Å²) in [4.78, 5) is 11.5. The first-order valence-corrected chi connectivity index (χ1v) is 11.0. The van der Waals surface area contributed by atoms with Crippen molar-refractivity contribution in [3.63, 3.8) is 0 Å². The molecule has 1 aromatic heterocycles. The maximum absolute atomic E-state index is 13.6. The summed E-state index contributed by atoms with van der Waals surface area (Å²) in [6, 6.07) is 10.9. The van der Waals surface area contributed by atoms with Gasteiger partial charge in [-0.25, -0.2) is 4.98 Å². The molecule has 4 nitrogen and oxygen atoms in total. The van der Waals surface area contributed by atoms with Gasteiger partial charge in [0.25, 0.3) is 0 Å². The third-order valence-electron chi connectivity index (χ3n) is 5.81. The maximum Gasteiger partial charge on any atom is 0.416 e. The molecule has 0 spiro atoms. The Bertz CT molecular complexity index is 1150. The topological polar surface area (TPSA) is 33.4 Å². The molecule has 0 aliphatic carbocycles. The van der Waals surface area contributed by atoms with Gasteiger partial charge in [0.05, 0.1) is 23.5 Å². The molecule has 2 heterocycles. The summed E-state index contributed by atoms with van der Waals surface area (Å²) >= 11 is 6.41. The smallest absolute Gasteiger partial charge is 0.303 e. The number of rotatable bonds is 6. The molecule has 0 fully saturated rings. The lowest BCUT2D eigenvalue weighted by atomic mass is 9.98. The molecule has 2 aromatic carbocycles. The Labute approximate surface area is 190 Å². The van der Waals surface area contributed by atoms with Gasteiger partial charge in [0.2, 0.25) is 0 Å². The van der Waals surface area contributed by atoms with Crippen molar-refractivity contribution in [2.24, 2.45) is 4.99 Å². The predicted molar refractivity (Wildman–Crippen MR) is 121 cm³/mol. The summed E-state index contributed by atoms with van der Waals surface area (Å²) < 4.78 is 42.7. The van der Waals surface area contributed by atoms with E-state index in [4.69, 9.17) is 11.6 Å². The molecule has 0 atom stereocenters. The van der Waals surface area contributed by atoms with Crippen LogP contribution in [0.3, 0.4) is 0 Å². The molecule has 4 rings (SSSR count). The van der Waals surface area contributed by atoms with Crippen LogP contribution in [-0.2, 0) is 19.1 Å². The number of halogens is 4.